The van der Waals surface area contributed by atoms with Crippen LogP contribution in [0.15, 0.2) is 54.6 Å². The molecular formula is C18H24N2O2S. The molecule has 2 aromatic carbocycles. The maximum atomic E-state index is 11.0. The smallest absolute Gasteiger partial charge is 0.0733 e. The standard InChI is InChI=1S/C18H24N2O2S/c1-19-13-7-11-17-14-15-8-5-6-12-18(15)20(23(17,21)22)16-9-3-2-4-10-16/h2-6,8-10,12,17,19,21-22H,7,11,13-14H2,1H3/t17-/m0/s1. The summed E-state index contributed by atoms with van der Waals surface area (Å²) in [5, 5.41) is 2.98. The van der Waals surface area contributed by atoms with E-state index < -0.39 is 10.8 Å². The van der Waals surface area contributed by atoms with Crippen molar-refractivity contribution in [3.8, 4) is 0 Å². The Balaban J connectivity index is 2.00. The van der Waals surface area contributed by atoms with Crippen molar-refractivity contribution >= 4 is 22.2 Å². The molecule has 0 saturated carbocycles. The van der Waals surface area contributed by atoms with Gasteiger partial charge >= 0.3 is 0 Å². The van der Waals surface area contributed by atoms with E-state index in [1.54, 1.807) is 4.31 Å². The third-order valence-electron chi connectivity index (χ3n) is 4.32. The summed E-state index contributed by atoms with van der Waals surface area (Å²) in [7, 11) is -0.985. The quantitative estimate of drug-likeness (QED) is 0.710. The Morgan fingerprint density at radius 3 is 2.52 bits per heavy atom. The summed E-state index contributed by atoms with van der Waals surface area (Å²) in [5.41, 5.74) is 2.92. The van der Waals surface area contributed by atoms with E-state index in [1.165, 1.54) is 5.56 Å². The van der Waals surface area contributed by atoms with E-state index in [9.17, 15) is 9.11 Å². The number of hydrogen-bond acceptors (Lipinski definition) is 4. The van der Waals surface area contributed by atoms with Crippen LogP contribution in [0.1, 0.15) is 18.4 Å². The van der Waals surface area contributed by atoms with Gasteiger partial charge in [-0.25, -0.2) is 4.31 Å². The molecule has 1 heterocycles. The molecule has 0 fully saturated rings. The normalized spacial score (nSPS) is 20.8. The number of fused-ring (bicyclic) bond motifs is 1. The molecule has 5 heteroatoms. The van der Waals surface area contributed by atoms with Crippen LogP contribution in [0.25, 0.3) is 0 Å². The molecule has 1 atom stereocenters. The van der Waals surface area contributed by atoms with Crippen molar-refractivity contribution in [2.75, 3.05) is 17.9 Å². The second-order valence-corrected chi connectivity index (χ2v) is 8.05. The van der Waals surface area contributed by atoms with Crippen LogP contribution < -0.4 is 9.62 Å². The van der Waals surface area contributed by atoms with Gasteiger partial charge in [-0.3, -0.25) is 9.11 Å². The molecule has 23 heavy (non-hydrogen) atoms. The lowest BCUT2D eigenvalue weighted by Gasteiger charge is -2.53. The fourth-order valence-electron chi connectivity index (χ4n) is 3.16. The first-order valence-electron chi connectivity index (χ1n) is 7.99. The summed E-state index contributed by atoms with van der Waals surface area (Å²) in [6, 6.07) is 17.7. The second kappa shape index (κ2) is 6.93. The maximum Gasteiger partial charge on any atom is 0.0733 e. The fourth-order valence-corrected chi connectivity index (χ4v) is 5.24. The van der Waals surface area contributed by atoms with E-state index in [0.29, 0.717) is 6.42 Å². The zero-order valence-corrected chi connectivity index (χ0v) is 14.2. The Kier molecular flexibility index (Phi) is 4.92. The van der Waals surface area contributed by atoms with Gasteiger partial charge in [0.15, 0.2) is 0 Å². The zero-order valence-electron chi connectivity index (χ0n) is 13.4. The van der Waals surface area contributed by atoms with Crippen LogP contribution in [-0.4, -0.2) is 27.9 Å². The minimum Gasteiger partial charge on any atom is -0.320 e. The second-order valence-electron chi connectivity index (χ2n) is 5.89. The van der Waals surface area contributed by atoms with Gasteiger partial charge in [0.1, 0.15) is 0 Å². The molecule has 3 rings (SSSR count). The summed E-state index contributed by atoms with van der Waals surface area (Å²) in [5.74, 6) is 0. The molecule has 0 saturated heterocycles. The molecule has 0 aromatic heterocycles. The summed E-state index contributed by atoms with van der Waals surface area (Å²) in [4.78, 5) is 0. The number of nitrogens with zero attached hydrogens (tertiary/aromatic N) is 1. The van der Waals surface area contributed by atoms with Gasteiger partial charge in [-0.2, -0.15) is 0 Å². The van der Waals surface area contributed by atoms with Crippen molar-refractivity contribution in [3.05, 3.63) is 60.2 Å². The van der Waals surface area contributed by atoms with Gasteiger partial charge in [0, 0.05) is 0 Å². The number of rotatable bonds is 5. The molecule has 4 nitrogen and oxygen atoms in total. The number of benzene rings is 2. The molecule has 1 aliphatic rings. The highest BCUT2D eigenvalue weighted by atomic mass is 32.3. The summed E-state index contributed by atoms with van der Waals surface area (Å²) in [6.45, 7) is 0.888. The van der Waals surface area contributed by atoms with Gasteiger partial charge in [0.2, 0.25) is 0 Å². The van der Waals surface area contributed by atoms with Crippen LogP contribution in [-0.2, 0) is 6.42 Å². The third kappa shape index (κ3) is 3.23. The van der Waals surface area contributed by atoms with Gasteiger partial charge in [-0.1, -0.05) is 36.4 Å². The third-order valence-corrected chi connectivity index (χ3v) is 6.56. The first-order valence-corrected chi connectivity index (χ1v) is 9.56. The molecule has 0 spiro atoms. The van der Waals surface area contributed by atoms with Crippen molar-refractivity contribution < 1.29 is 9.11 Å². The van der Waals surface area contributed by atoms with Crippen LogP contribution in [0.4, 0.5) is 11.4 Å². The average Bonchev–Trinajstić information content (AvgIpc) is 2.56. The van der Waals surface area contributed by atoms with Gasteiger partial charge in [0.05, 0.1) is 16.6 Å². The van der Waals surface area contributed by atoms with E-state index in [2.05, 4.69) is 11.4 Å². The van der Waals surface area contributed by atoms with Crippen LogP contribution >= 0.6 is 10.8 Å². The maximum absolute atomic E-state index is 11.0. The number of hydrogen-bond donors (Lipinski definition) is 3. The van der Waals surface area contributed by atoms with Crippen LogP contribution in [0.5, 0.6) is 0 Å². The largest absolute Gasteiger partial charge is 0.320 e. The van der Waals surface area contributed by atoms with Gasteiger partial charge in [-0.15, -0.1) is 10.8 Å². The molecule has 2 aromatic rings. The minimum absolute atomic E-state index is 0.147. The summed E-state index contributed by atoms with van der Waals surface area (Å²) >= 11 is 0. The lowest BCUT2D eigenvalue weighted by molar-refractivity contribution is 0.454. The van der Waals surface area contributed by atoms with Crippen molar-refractivity contribution in [1.82, 2.24) is 5.32 Å². The molecule has 0 unspecified atom stereocenters. The number of anilines is 2. The predicted octanol–water partition coefficient (Wildman–Crippen LogP) is 4.41. The molecule has 0 bridgehead atoms. The Labute approximate surface area is 139 Å². The molecular weight excluding hydrogens is 308 g/mol. The Morgan fingerprint density at radius 1 is 1.09 bits per heavy atom. The van der Waals surface area contributed by atoms with Crippen molar-refractivity contribution in [1.29, 1.82) is 0 Å². The zero-order chi connectivity index (χ0) is 16.3. The van der Waals surface area contributed by atoms with Crippen LogP contribution in [0.2, 0.25) is 0 Å². The van der Waals surface area contributed by atoms with Crippen molar-refractivity contribution in [3.63, 3.8) is 0 Å². The predicted molar refractivity (Wildman–Crippen MR) is 98.5 cm³/mol. The SMILES string of the molecule is CNCCC[C@H]1Cc2ccccc2N(c2ccccc2)S1(O)O. The fraction of sp³-hybridized carbons (Fsp3) is 0.333. The van der Waals surface area contributed by atoms with E-state index in [1.807, 2.05) is 55.6 Å². The Bertz CT molecular complexity index is 648. The van der Waals surface area contributed by atoms with Crippen molar-refractivity contribution in [2.24, 2.45) is 0 Å². The van der Waals surface area contributed by atoms with E-state index in [4.69, 9.17) is 0 Å². The molecule has 0 amide bonds. The molecule has 0 radical (unpaired) electrons. The topological polar surface area (TPSA) is 55.7 Å². The van der Waals surface area contributed by atoms with Crippen LogP contribution in [0, 0.1) is 0 Å². The highest BCUT2D eigenvalue weighted by Crippen LogP contribution is 2.60. The average molecular weight is 332 g/mol. The molecule has 3 N–H and O–H groups in total. The van der Waals surface area contributed by atoms with Gasteiger partial charge < -0.3 is 5.32 Å². The first-order chi connectivity index (χ1) is 11.1. The van der Waals surface area contributed by atoms with E-state index in [-0.39, 0.29) is 5.25 Å². The van der Waals surface area contributed by atoms with Crippen LogP contribution in [0.3, 0.4) is 0 Å². The minimum atomic E-state index is -2.91. The highest BCUT2D eigenvalue weighted by Gasteiger charge is 2.38. The van der Waals surface area contributed by atoms with Crippen molar-refractivity contribution in [2.45, 2.75) is 24.5 Å². The number of para-hydroxylation sites is 2. The lowest BCUT2D eigenvalue weighted by atomic mass is 10.0. The van der Waals surface area contributed by atoms with Gasteiger partial charge in [-0.05, 0) is 56.6 Å². The molecule has 1 aliphatic heterocycles. The lowest BCUT2D eigenvalue weighted by Crippen LogP contribution is -2.37. The van der Waals surface area contributed by atoms with E-state index >= 15 is 0 Å². The monoisotopic (exact) mass is 332 g/mol. The Morgan fingerprint density at radius 2 is 1.78 bits per heavy atom. The first kappa shape index (κ1) is 16.3. The molecule has 0 aliphatic carbocycles. The highest BCUT2D eigenvalue weighted by molar-refractivity contribution is 8.26. The summed E-state index contributed by atoms with van der Waals surface area (Å²) < 4.78 is 23.8. The summed E-state index contributed by atoms with van der Waals surface area (Å²) in [6.07, 6.45) is 2.44. The Hall–Kier alpha value is -1.53. The van der Waals surface area contributed by atoms with Gasteiger partial charge in [0.25, 0.3) is 0 Å². The molecule has 124 valence electrons. The van der Waals surface area contributed by atoms with E-state index in [0.717, 1.165) is 30.8 Å². The number of nitrogens with one attached hydrogen (secondary N) is 1.